The van der Waals surface area contributed by atoms with Gasteiger partial charge in [0.15, 0.2) is 11.2 Å². The highest BCUT2D eigenvalue weighted by Crippen LogP contribution is 2.26. The van der Waals surface area contributed by atoms with Gasteiger partial charge in [0.2, 0.25) is 0 Å². The third kappa shape index (κ3) is 2.31. The quantitative estimate of drug-likeness (QED) is 0.723. The van der Waals surface area contributed by atoms with Crippen LogP contribution in [0.5, 0.6) is 0 Å². The zero-order chi connectivity index (χ0) is 17.1. The van der Waals surface area contributed by atoms with E-state index in [1.54, 1.807) is 17.6 Å². The number of fused-ring (bicyclic) bond motifs is 3. The summed E-state index contributed by atoms with van der Waals surface area (Å²) in [6.07, 6.45) is 1.79. The number of aromatic nitrogens is 4. The van der Waals surface area contributed by atoms with E-state index >= 15 is 0 Å². The molecule has 0 atom stereocenters. The maximum atomic E-state index is 12.8. The van der Waals surface area contributed by atoms with Gasteiger partial charge >= 0.3 is 11.5 Å². The number of aryl methyl sites for hydroxylation is 1. The summed E-state index contributed by atoms with van der Waals surface area (Å²) in [5.74, 6) is 1.26. The molecule has 0 bridgehead atoms. The van der Waals surface area contributed by atoms with Crippen molar-refractivity contribution in [2.75, 3.05) is 0 Å². The summed E-state index contributed by atoms with van der Waals surface area (Å²) in [5.41, 5.74) is -0.148. The molecule has 0 aromatic carbocycles. The van der Waals surface area contributed by atoms with Crippen molar-refractivity contribution in [3.63, 3.8) is 0 Å². The van der Waals surface area contributed by atoms with E-state index in [9.17, 15) is 9.59 Å². The Hall–Kier alpha value is -2.31. The zero-order valence-electron chi connectivity index (χ0n) is 14.4. The van der Waals surface area contributed by atoms with Crippen LogP contribution in [0.1, 0.15) is 40.4 Å². The van der Waals surface area contributed by atoms with Gasteiger partial charge in [-0.3, -0.25) is 18.3 Å². The Labute approximate surface area is 133 Å². The van der Waals surface area contributed by atoms with Gasteiger partial charge in [-0.05, 0) is 5.92 Å². The zero-order valence-corrected chi connectivity index (χ0v) is 14.4. The fraction of sp³-hybridized carbons (Fsp3) is 0.562. The summed E-state index contributed by atoms with van der Waals surface area (Å²) in [4.78, 5) is 29.6. The maximum Gasteiger partial charge on any atom is 0.332 e. The number of hydrogen-bond acceptors (Lipinski definition) is 4. The molecule has 0 saturated carbocycles. The highest BCUT2D eigenvalue weighted by molar-refractivity contribution is 5.74. The van der Waals surface area contributed by atoms with E-state index in [1.807, 2.05) is 34.6 Å². The molecule has 0 N–H and O–H groups in total. The molecule has 0 unspecified atom stereocenters. The molecule has 124 valence electrons. The summed E-state index contributed by atoms with van der Waals surface area (Å²) >= 11 is 0. The predicted octanol–water partition coefficient (Wildman–Crippen LogP) is 1.89. The first-order valence-corrected chi connectivity index (χ1v) is 7.73. The summed E-state index contributed by atoms with van der Waals surface area (Å²) in [5, 5.41) is 0. The molecule has 0 aliphatic carbocycles. The molecule has 0 aliphatic rings. The molecule has 7 nitrogen and oxygen atoms in total. The van der Waals surface area contributed by atoms with Gasteiger partial charge in [-0.25, -0.2) is 4.79 Å². The highest BCUT2D eigenvalue weighted by atomic mass is 16.4. The minimum Gasteiger partial charge on any atom is -0.428 e. The van der Waals surface area contributed by atoms with E-state index < -0.39 is 0 Å². The van der Waals surface area contributed by atoms with Gasteiger partial charge in [-0.1, -0.05) is 34.6 Å². The summed E-state index contributed by atoms with van der Waals surface area (Å²) in [7, 11) is 1.62. The Balaban J connectivity index is 2.42. The Morgan fingerprint density at radius 2 is 1.91 bits per heavy atom. The topological polar surface area (TPSA) is 74.4 Å². The minimum absolute atomic E-state index is 0.190. The smallest absolute Gasteiger partial charge is 0.332 e. The summed E-state index contributed by atoms with van der Waals surface area (Å²) < 4.78 is 10.1. The molecule has 0 spiro atoms. The third-order valence-corrected chi connectivity index (χ3v) is 3.88. The number of rotatable bonds is 2. The fourth-order valence-corrected chi connectivity index (χ4v) is 2.63. The van der Waals surface area contributed by atoms with Crippen LogP contribution >= 0.6 is 0 Å². The van der Waals surface area contributed by atoms with Gasteiger partial charge in [0, 0.05) is 19.0 Å². The van der Waals surface area contributed by atoms with Gasteiger partial charge in [-0.2, -0.15) is 4.98 Å². The van der Waals surface area contributed by atoms with E-state index in [4.69, 9.17) is 4.42 Å². The van der Waals surface area contributed by atoms with E-state index in [0.717, 1.165) is 5.76 Å². The first-order chi connectivity index (χ1) is 10.6. The molecule has 0 fully saturated rings. The van der Waals surface area contributed by atoms with E-state index in [-0.39, 0.29) is 22.6 Å². The summed E-state index contributed by atoms with van der Waals surface area (Å²) in [6.45, 7) is 10.4. The molecular weight excluding hydrogens is 296 g/mol. The number of nitrogens with zero attached hydrogens (tertiary/aromatic N) is 4. The van der Waals surface area contributed by atoms with Gasteiger partial charge < -0.3 is 4.42 Å². The molecule has 3 aromatic heterocycles. The van der Waals surface area contributed by atoms with Crippen molar-refractivity contribution in [1.29, 1.82) is 0 Å². The van der Waals surface area contributed by atoms with Gasteiger partial charge in [0.1, 0.15) is 5.76 Å². The molecule has 3 heterocycles. The van der Waals surface area contributed by atoms with Crippen LogP contribution < -0.4 is 11.2 Å². The van der Waals surface area contributed by atoms with Crippen molar-refractivity contribution >= 4 is 17.0 Å². The molecule has 0 radical (unpaired) electrons. The van der Waals surface area contributed by atoms with Crippen LogP contribution in [-0.2, 0) is 19.0 Å². The number of imidazole rings is 1. The van der Waals surface area contributed by atoms with Crippen molar-refractivity contribution in [1.82, 2.24) is 18.5 Å². The Morgan fingerprint density at radius 1 is 1.26 bits per heavy atom. The van der Waals surface area contributed by atoms with Gasteiger partial charge in [-0.15, -0.1) is 0 Å². The third-order valence-electron chi connectivity index (χ3n) is 3.88. The largest absolute Gasteiger partial charge is 0.428 e. The molecule has 0 aliphatic heterocycles. The molecule has 3 aromatic rings. The lowest BCUT2D eigenvalue weighted by Gasteiger charge is -2.13. The lowest BCUT2D eigenvalue weighted by Crippen LogP contribution is -2.40. The van der Waals surface area contributed by atoms with Crippen LogP contribution in [0.2, 0.25) is 0 Å². The van der Waals surface area contributed by atoms with E-state index in [2.05, 4.69) is 4.98 Å². The van der Waals surface area contributed by atoms with Crippen LogP contribution in [0.3, 0.4) is 0 Å². The number of hydrogen-bond donors (Lipinski definition) is 0. The van der Waals surface area contributed by atoms with Crippen molar-refractivity contribution in [3.8, 4) is 0 Å². The van der Waals surface area contributed by atoms with Gasteiger partial charge in [0.25, 0.3) is 5.56 Å². The Kier molecular flexibility index (Phi) is 3.28. The second-order valence-corrected chi connectivity index (χ2v) is 7.43. The average Bonchev–Trinajstić information content (AvgIpc) is 2.97. The van der Waals surface area contributed by atoms with Crippen molar-refractivity contribution in [3.05, 3.63) is 32.8 Å². The standard InChI is InChI=1S/C16H22N4O3/c1-9(2)7-20-13(21)11-12(18(6)15(20)22)17-14-19(11)8-10(23-14)16(3,4)5/h8-9H,7H2,1-6H3. The number of oxazole rings is 1. The van der Waals surface area contributed by atoms with Crippen molar-refractivity contribution in [2.45, 2.75) is 46.6 Å². The molecule has 23 heavy (non-hydrogen) atoms. The van der Waals surface area contributed by atoms with Crippen molar-refractivity contribution in [2.24, 2.45) is 13.0 Å². The van der Waals surface area contributed by atoms with Crippen LogP contribution in [0.25, 0.3) is 17.0 Å². The normalized spacial score (nSPS) is 12.8. The Bertz CT molecular complexity index is 1010. The van der Waals surface area contributed by atoms with Crippen LogP contribution in [0.15, 0.2) is 20.2 Å². The molecule has 3 rings (SSSR count). The van der Waals surface area contributed by atoms with Crippen LogP contribution in [0.4, 0.5) is 0 Å². The second-order valence-electron chi connectivity index (χ2n) is 7.43. The average molecular weight is 318 g/mol. The summed E-state index contributed by atoms with van der Waals surface area (Å²) in [6, 6.07) is 0. The highest BCUT2D eigenvalue weighted by Gasteiger charge is 2.24. The second kappa shape index (κ2) is 4.84. The fourth-order valence-electron chi connectivity index (χ4n) is 2.63. The predicted molar refractivity (Wildman–Crippen MR) is 88.0 cm³/mol. The van der Waals surface area contributed by atoms with Crippen molar-refractivity contribution < 1.29 is 4.42 Å². The monoisotopic (exact) mass is 318 g/mol. The lowest BCUT2D eigenvalue weighted by atomic mass is 9.94. The SMILES string of the molecule is CC(C)Cn1c(=O)c2c(nc3oc(C(C)(C)C)cn32)n(C)c1=O. The maximum absolute atomic E-state index is 12.8. The van der Waals surface area contributed by atoms with E-state index in [0.29, 0.717) is 23.6 Å². The van der Waals surface area contributed by atoms with E-state index in [1.165, 1.54) is 9.13 Å². The molecule has 0 amide bonds. The molecule has 0 saturated heterocycles. The minimum atomic E-state index is -0.354. The molecular formula is C16H22N4O3. The Morgan fingerprint density at radius 3 is 2.48 bits per heavy atom. The lowest BCUT2D eigenvalue weighted by molar-refractivity contribution is 0.425. The van der Waals surface area contributed by atoms with Gasteiger partial charge in [0.05, 0.1) is 6.20 Å². The van der Waals surface area contributed by atoms with Crippen LogP contribution in [-0.4, -0.2) is 18.5 Å². The first kappa shape index (κ1) is 15.6. The molecule has 7 heteroatoms. The van der Waals surface area contributed by atoms with Crippen LogP contribution in [0, 0.1) is 5.92 Å². The first-order valence-electron chi connectivity index (χ1n) is 7.73.